The van der Waals surface area contributed by atoms with Crippen molar-refractivity contribution in [2.24, 2.45) is 0 Å². The molecular formula is C18H17NSSe. The van der Waals surface area contributed by atoms with Crippen LogP contribution >= 0.6 is 11.3 Å². The molecule has 1 unspecified atom stereocenters. The molecule has 106 valence electrons. The summed E-state index contributed by atoms with van der Waals surface area (Å²) in [5.74, 6) is 0. The SMILES string of the molecule is CNc1ccsc1C([Se]c1ccccc1)c1ccccc1. The fourth-order valence-corrected chi connectivity index (χ4v) is 6.11. The Kier molecular flexibility index (Phi) is 4.76. The number of thiophene rings is 1. The Morgan fingerprint density at radius 2 is 1.57 bits per heavy atom. The van der Waals surface area contributed by atoms with Gasteiger partial charge in [-0.2, -0.15) is 0 Å². The molecule has 1 N–H and O–H groups in total. The van der Waals surface area contributed by atoms with Gasteiger partial charge in [-0.25, -0.2) is 0 Å². The first-order chi connectivity index (χ1) is 10.4. The van der Waals surface area contributed by atoms with Crippen molar-refractivity contribution < 1.29 is 0 Å². The van der Waals surface area contributed by atoms with E-state index in [1.165, 1.54) is 20.6 Å². The molecule has 0 saturated heterocycles. The first-order valence-electron chi connectivity index (χ1n) is 6.90. The van der Waals surface area contributed by atoms with Crippen molar-refractivity contribution in [2.75, 3.05) is 12.4 Å². The standard InChI is InChI=1S/C18H17NSSe/c1-19-16-12-13-20-17(16)18(14-8-4-2-5-9-14)21-15-10-6-3-7-11-15/h2-13,18-19H,1H3. The zero-order chi connectivity index (χ0) is 14.5. The van der Waals surface area contributed by atoms with E-state index in [4.69, 9.17) is 0 Å². The number of benzene rings is 2. The Morgan fingerprint density at radius 3 is 2.24 bits per heavy atom. The van der Waals surface area contributed by atoms with E-state index in [0.29, 0.717) is 19.8 Å². The minimum absolute atomic E-state index is 0.374. The van der Waals surface area contributed by atoms with Crippen LogP contribution in [-0.2, 0) is 0 Å². The number of hydrogen-bond acceptors (Lipinski definition) is 2. The van der Waals surface area contributed by atoms with Gasteiger partial charge in [-0.05, 0) is 0 Å². The number of hydrogen-bond donors (Lipinski definition) is 1. The van der Waals surface area contributed by atoms with Crippen molar-refractivity contribution in [2.45, 2.75) is 4.82 Å². The molecule has 0 aliphatic rings. The molecule has 21 heavy (non-hydrogen) atoms. The average Bonchev–Trinajstić information content (AvgIpc) is 3.03. The van der Waals surface area contributed by atoms with Gasteiger partial charge in [0.1, 0.15) is 0 Å². The molecule has 0 bridgehead atoms. The van der Waals surface area contributed by atoms with Crippen molar-refractivity contribution in [3.8, 4) is 0 Å². The Labute approximate surface area is 136 Å². The molecule has 0 saturated carbocycles. The van der Waals surface area contributed by atoms with E-state index in [0.717, 1.165) is 0 Å². The second-order valence-corrected chi connectivity index (χ2v) is 8.09. The van der Waals surface area contributed by atoms with E-state index in [-0.39, 0.29) is 0 Å². The van der Waals surface area contributed by atoms with E-state index in [1.807, 2.05) is 18.4 Å². The van der Waals surface area contributed by atoms with Gasteiger partial charge in [-0.15, -0.1) is 0 Å². The van der Waals surface area contributed by atoms with Crippen LogP contribution in [0.15, 0.2) is 72.1 Å². The summed E-state index contributed by atoms with van der Waals surface area (Å²) in [6.07, 6.45) is 0. The normalized spacial score (nSPS) is 12.0. The van der Waals surface area contributed by atoms with Gasteiger partial charge in [0.05, 0.1) is 0 Å². The monoisotopic (exact) mass is 359 g/mol. The van der Waals surface area contributed by atoms with Gasteiger partial charge in [-0.1, -0.05) is 0 Å². The molecule has 3 rings (SSSR count). The van der Waals surface area contributed by atoms with Gasteiger partial charge in [0.15, 0.2) is 0 Å². The quantitative estimate of drug-likeness (QED) is 0.682. The molecular weight excluding hydrogens is 341 g/mol. The Hall–Kier alpha value is -1.54. The fraction of sp³-hybridized carbons (Fsp3) is 0.111. The topological polar surface area (TPSA) is 12.0 Å². The molecule has 3 heteroatoms. The number of anilines is 1. The predicted molar refractivity (Wildman–Crippen MR) is 94.0 cm³/mol. The molecule has 1 aromatic heterocycles. The Balaban J connectivity index is 1.99. The summed E-state index contributed by atoms with van der Waals surface area (Å²) < 4.78 is 1.44. The van der Waals surface area contributed by atoms with Crippen molar-refractivity contribution in [3.63, 3.8) is 0 Å². The zero-order valence-electron chi connectivity index (χ0n) is 11.8. The molecule has 3 aromatic rings. The van der Waals surface area contributed by atoms with Crippen LogP contribution in [0.25, 0.3) is 0 Å². The van der Waals surface area contributed by atoms with Crippen molar-refractivity contribution in [3.05, 3.63) is 82.6 Å². The minimum atomic E-state index is 0.374. The van der Waals surface area contributed by atoms with Crippen LogP contribution < -0.4 is 9.78 Å². The predicted octanol–water partition coefficient (Wildman–Crippen LogP) is 3.91. The number of rotatable bonds is 5. The molecule has 1 atom stereocenters. The van der Waals surface area contributed by atoms with Crippen LogP contribution in [0.3, 0.4) is 0 Å². The first kappa shape index (κ1) is 14.4. The van der Waals surface area contributed by atoms with Crippen LogP contribution in [0.1, 0.15) is 15.3 Å². The average molecular weight is 358 g/mol. The molecule has 0 fully saturated rings. The van der Waals surface area contributed by atoms with E-state index < -0.39 is 0 Å². The summed E-state index contributed by atoms with van der Waals surface area (Å²) in [4.78, 5) is 1.90. The van der Waals surface area contributed by atoms with Gasteiger partial charge in [0.25, 0.3) is 0 Å². The molecule has 1 heterocycles. The number of nitrogens with one attached hydrogen (secondary N) is 1. The molecule has 0 aliphatic heterocycles. The summed E-state index contributed by atoms with van der Waals surface area (Å²) in [6, 6.07) is 23.8. The van der Waals surface area contributed by atoms with Gasteiger partial charge in [0, 0.05) is 0 Å². The second kappa shape index (κ2) is 6.95. The van der Waals surface area contributed by atoms with Crippen LogP contribution in [0.4, 0.5) is 5.69 Å². The molecule has 0 radical (unpaired) electrons. The maximum absolute atomic E-state index is 3.33. The second-order valence-electron chi connectivity index (χ2n) is 4.67. The van der Waals surface area contributed by atoms with Gasteiger partial charge >= 0.3 is 136 Å². The van der Waals surface area contributed by atoms with Crippen molar-refractivity contribution in [1.82, 2.24) is 0 Å². The van der Waals surface area contributed by atoms with Crippen LogP contribution in [-0.4, -0.2) is 22.0 Å². The van der Waals surface area contributed by atoms with Gasteiger partial charge < -0.3 is 0 Å². The summed E-state index contributed by atoms with van der Waals surface area (Å²) >= 11 is 2.22. The third kappa shape index (κ3) is 3.38. The third-order valence-corrected chi connectivity index (χ3v) is 7.32. The van der Waals surface area contributed by atoms with E-state index in [1.54, 1.807) is 0 Å². The van der Waals surface area contributed by atoms with E-state index >= 15 is 0 Å². The first-order valence-corrected chi connectivity index (χ1v) is 9.63. The third-order valence-electron chi connectivity index (χ3n) is 3.30. The Morgan fingerprint density at radius 1 is 0.905 bits per heavy atom. The summed E-state index contributed by atoms with van der Waals surface area (Å²) in [7, 11) is 2.00. The zero-order valence-corrected chi connectivity index (χ0v) is 14.4. The summed E-state index contributed by atoms with van der Waals surface area (Å²) in [5.41, 5.74) is 2.66. The molecule has 0 amide bonds. The van der Waals surface area contributed by atoms with Crippen LogP contribution in [0.2, 0.25) is 0 Å². The Bertz CT molecular complexity index is 679. The van der Waals surface area contributed by atoms with E-state index in [9.17, 15) is 0 Å². The van der Waals surface area contributed by atoms with Crippen LogP contribution in [0, 0.1) is 0 Å². The summed E-state index contributed by atoms with van der Waals surface area (Å²) in [6.45, 7) is 0. The van der Waals surface area contributed by atoms with Gasteiger partial charge in [0.2, 0.25) is 0 Å². The van der Waals surface area contributed by atoms with Gasteiger partial charge in [-0.3, -0.25) is 0 Å². The maximum atomic E-state index is 3.33. The molecule has 0 aliphatic carbocycles. The van der Waals surface area contributed by atoms with Crippen molar-refractivity contribution >= 4 is 36.4 Å². The molecule has 2 aromatic carbocycles. The fourth-order valence-electron chi connectivity index (χ4n) is 2.27. The summed E-state index contributed by atoms with van der Waals surface area (Å²) in [5, 5.41) is 5.51. The van der Waals surface area contributed by atoms with Crippen LogP contribution in [0.5, 0.6) is 0 Å². The molecule has 1 nitrogen and oxygen atoms in total. The van der Waals surface area contributed by atoms with E-state index in [2.05, 4.69) is 77.4 Å². The van der Waals surface area contributed by atoms with Crippen molar-refractivity contribution in [1.29, 1.82) is 0 Å². The molecule has 0 spiro atoms.